The van der Waals surface area contributed by atoms with Crippen molar-refractivity contribution in [2.75, 3.05) is 55.1 Å². The molecule has 0 saturated carbocycles. The van der Waals surface area contributed by atoms with Crippen LogP contribution in [0.4, 0.5) is 17.2 Å². The normalized spacial score (nSPS) is 19.3. The lowest BCUT2D eigenvalue weighted by Gasteiger charge is -2.28. The molecule has 2 aliphatic heterocycles. The molecule has 2 fully saturated rings. The first-order chi connectivity index (χ1) is 14.1. The summed E-state index contributed by atoms with van der Waals surface area (Å²) in [5.41, 5.74) is 1.74. The molecule has 1 N–H and O–H groups in total. The minimum atomic E-state index is -0.422. The lowest BCUT2D eigenvalue weighted by molar-refractivity contribution is -0.122. The molecular formula is C21H24N4O4. The number of carbonyl (C=O) groups excluding carboxylic acids is 2. The monoisotopic (exact) mass is 396 g/mol. The van der Waals surface area contributed by atoms with Crippen molar-refractivity contribution in [3.05, 3.63) is 42.6 Å². The highest BCUT2D eigenvalue weighted by molar-refractivity contribution is 6.03. The molecule has 29 heavy (non-hydrogen) atoms. The van der Waals surface area contributed by atoms with Crippen LogP contribution in [-0.2, 0) is 14.3 Å². The van der Waals surface area contributed by atoms with Crippen molar-refractivity contribution in [3.63, 3.8) is 0 Å². The number of morpholine rings is 1. The van der Waals surface area contributed by atoms with Crippen LogP contribution in [0.25, 0.3) is 0 Å². The first-order valence-corrected chi connectivity index (χ1v) is 9.68. The van der Waals surface area contributed by atoms with Gasteiger partial charge in [-0.05, 0) is 24.3 Å². The van der Waals surface area contributed by atoms with E-state index in [1.54, 1.807) is 30.3 Å². The number of nitrogens with zero attached hydrogens (tertiary/aromatic N) is 3. The summed E-state index contributed by atoms with van der Waals surface area (Å²) >= 11 is 0. The summed E-state index contributed by atoms with van der Waals surface area (Å²) in [5, 5.41) is 2.83. The predicted octanol–water partition coefficient (Wildman–Crippen LogP) is 1.92. The largest absolute Gasteiger partial charge is 0.497 e. The van der Waals surface area contributed by atoms with Crippen molar-refractivity contribution in [3.8, 4) is 5.75 Å². The molecule has 2 aliphatic rings. The van der Waals surface area contributed by atoms with Crippen LogP contribution in [0.2, 0.25) is 0 Å². The molecule has 1 aromatic heterocycles. The van der Waals surface area contributed by atoms with Crippen molar-refractivity contribution in [2.24, 2.45) is 5.92 Å². The molecule has 0 bridgehead atoms. The SMILES string of the molecule is COc1cccc(N2CC(C(=O)Nc3ccc(N4CCOCC4)cn3)CC2=O)c1. The minimum Gasteiger partial charge on any atom is -0.497 e. The first-order valence-electron chi connectivity index (χ1n) is 9.68. The topological polar surface area (TPSA) is 84.0 Å². The molecule has 1 unspecified atom stereocenters. The smallest absolute Gasteiger partial charge is 0.230 e. The standard InChI is InChI=1S/C21H24N4O4/c1-28-18-4-2-3-16(12-18)25-14-15(11-20(25)26)21(27)23-19-6-5-17(13-22-19)24-7-9-29-10-8-24/h2-6,12-13,15H,7-11,14H2,1H3,(H,22,23,27). The summed E-state index contributed by atoms with van der Waals surface area (Å²) in [5.74, 6) is 0.464. The van der Waals surface area contributed by atoms with E-state index in [1.165, 1.54) is 0 Å². The van der Waals surface area contributed by atoms with E-state index in [-0.39, 0.29) is 18.2 Å². The van der Waals surface area contributed by atoms with Gasteiger partial charge in [-0.15, -0.1) is 0 Å². The summed E-state index contributed by atoms with van der Waals surface area (Å²) in [6.45, 7) is 3.41. The third kappa shape index (κ3) is 4.32. The summed E-state index contributed by atoms with van der Waals surface area (Å²) in [6.07, 6.45) is 1.93. The number of hydrogen-bond donors (Lipinski definition) is 1. The van der Waals surface area contributed by atoms with E-state index in [0.717, 1.165) is 24.5 Å². The zero-order valence-corrected chi connectivity index (χ0v) is 16.3. The first kappa shape index (κ1) is 19.2. The van der Waals surface area contributed by atoms with Crippen molar-refractivity contribution in [1.29, 1.82) is 0 Å². The molecular weight excluding hydrogens is 372 g/mol. The van der Waals surface area contributed by atoms with E-state index in [9.17, 15) is 9.59 Å². The number of rotatable bonds is 5. The van der Waals surface area contributed by atoms with E-state index < -0.39 is 5.92 Å². The van der Waals surface area contributed by atoms with Gasteiger partial charge in [-0.25, -0.2) is 4.98 Å². The Morgan fingerprint density at radius 3 is 2.76 bits per heavy atom. The molecule has 8 heteroatoms. The van der Waals surface area contributed by atoms with Crippen molar-refractivity contribution >= 4 is 29.0 Å². The van der Waals surface area contributed by atoms with E-state index in [2.05, 4.69) is 15.2 Å². The molecule has 2 aromatic rings. The Hall–Kier alpha value is -3.13. The number of anilines is 3. The van der Waals surface area contributed by atoms with Crippen molar-refractivity contribution in [2.45, 2.75) is 6.42 Å². The number of ether oxygens (including phenoxy) is 2. The molecule has 4 rings (SSSR count). The summed E-state index contributed by atoms with van der Waals surface area (Å²) in [4.78, 5) is 33.3. The quantitative estimate of drug-likeness (QED) is 0.831. The lowest BCUT2D eigenvalue weighted by atomic mass is 10.1. The van der Waals surface area contributed by atoms with Crippen LogP contribution in [0, 0.1) is 5.92 Å². The predicted molar refractivity (Wildman–Crippen MR) is 109 cm³/mol. The van der Waals surface area contributed by atoms with Crippen LogP contribution in [0.5, 0.6) is 5.75 Å². The zero-order valence-electron chi connectivity index (χ0n) is 16.3. The molecule has 0 aliphatic carbocycles. The van der Waals surface area contributed by atoms with Gasteiger partial charge >= 0.3 is 0 Å². The highest BCUT2D eigenvalue weighted by Gasteiger charge is 2.35. The maximum absolute atomic E-state index is 12.7. The Balaban J connectivity index is 1.38. The number of methoxy groups -OCH3 is 1. The van der Waals surface area contributed by atoms with Crippen LogP contribution < -0.4 is 19.9 Å². The van der Waals surface area contributed by atoms with Crippen LogP contribution in [0.1, 0.15) is 6.42 Å². The van der Waals surface area contributed by atoms with Gasteiger partial charge < -0.3 is 24.6 Å². The highest BCUT2D eigenvalue weighted by atomic mass is 16.5. The second kappa shape index (κ2) is 8.48. The van der Waals surface area contributed by atoms with Crippen LogP contribution in [-0.4, -0.2) is 56.8 Å². The number of hydrogen-bond acceptors (Lipinski definition) is 6. The third-order valence-corrected chi connectivity index (χ3v) is 5.24. The van der Waals surface area contributed by atoms with Gasteiger partial charge in [-0.3, -0.25) is 9.59 Å². The summed E-state index contributed by atoms with van der Waals surface area (Å²) < 4.78 is 10.6. The third-order valence-electron chi connectivity index (χ3n) is 5.24. The number of benzene rings is 1. The number of amides is 2. The van der Waals surface area contributed by atoms with Gasteiger partial charge in [0.05, 0.1) is 38.1 Å². The fourth-order valence-electron chi connectivity index (χ4n) is 3.61. The Morgan fingerprint density at radius 1 is 1.21 bits per heavy atom. The van der Waals surface area contributed by atoms with Gasteiger partial charge in [-0.2, -0.15) is 0 Å². The fourth-order valence-corrected chi connectivity index (χ4v) is 3.61. The van der Waals surface area contributed by atoms with E-state index in [0.29, 0.717) is 31.3 Å². The van der Waals surface area contributed by atoms with E-state index in [4.69, 9.17) is 9.47 Å². The molecule has 152 valence electrons. The van der Waals surface area contributed by atoms with Crippen LogP contribution in [0.3, 0.4) is 0 Å². The second-order valence-corrected chi connectivity index (χ2v) is 7.10. The molecule has 3 heterocycles. The van der Waals surface area contributed by atoms with Gasteiger partial charge in [0.25, 0.3) is 0 Å². The molecule has 1 atom stereocenters. The molecule has 8 nitrogen and oxygen atoms in total. The van der Waals surface area contributed by atoms with Crippen molar-refractivity contribution in [1.82, 2.24) is 4.98 Å². The molecule has 0 spiro atoms. The van der Waals surface area contributed by atoms with Gasteiger partial charge in [0.1, 0.15) is 11.6 Å². The van der Waals surface area contributed by atoms with Crippen LogP contribution >= 0.6 is 0 Å². The Kier molecular flexibility index (Phi) is 5.62. The second-order valence-electron chi connectivity index (χ2n) is 7.10. The fraction of sp³-hybridized carbons (Fsp3) is 0.381. The minimum absolute atomic E-state index is 0.0750. The number of pyridine rings is 1. The Labute approximate surface area is 169 Å². The lowest BCUT2D eigenvalue weighted by Crippen LogP contribution is -2.36. The molecule has 2 saturated heterocycles. The van der Waals surface area contributed by atoms with Gasteiger partial charge in [-0.1, -0.05) is 6.07 Å². The number of carbonyl (C=O) groups is 2. The van der Waals surface area contributed by atoms with Gasteiger partial charge in [0, 0.05) is 37.8 Å². The summed E-state index contributed by atoms with van der Waals surface area (Å²) in [6, 6.07) is 11.0. The maximum atomic E-state index is 12.7. The van der Waals surface area contributed by atoms with E-state index in [1.807, 2.05) is 24.3 Å². The van der Waals surface area contributed by atoms with E-state index >= 15 is 0 Å². The molecule has 0 radical (unpaired) electrons. The average Bonchev–Trinajstić information content (AvgIpc) is 3.17. The van der Waals surface area contributed by atoms with Crippen LogP contribution in [0.15, 0.2) is 42.6 Å². The maximum Gasteiger partial charge on any atom is 0.230 e. The Bertz CT molecular complexity index is 881. The van der Waals surface area contributed by atoms with Gasteiger partial charge in [0.15, 0.2) is 0 Å². The number of aromatic nitrogens is 1. The average molecular weight is 396 g/mol. The Morgan fingerprint density at radius 2 is 2.03 bits per heavy atom. The summed E-state index contributed by atoms with van der Waals surface area (Å²) in [7, 11) is 1.58. The van der Waals surface area contributed by atoms with Crippen molar-refractivity contribution < 1.29 is 19.1 Å². The highest BCUT2D eigenvalue weighted by Crippen LogP contribution is 2.28. The number of nitrogens with one attached hydrogen (secondary N) is 1. The molecule has 1 aromatic carbocycles. The van der Waals surface area contributed by atoms with Gasteiger partial charge in [0.2, 0.25) is 11.8 Å². The molecule has 2 amide bonds. The zero-order chi connectivity index (χ0) is 20.2.